The van der Waals surface area contributed by atoms with Gasteiger partial charge in [0.1, 0.15) is 5.60 Å². The Balaban J connectivity index is 1.63. The molecule has 2 heterocycles. The Morgan fingerprint density at radius 3 is 3.00 bits per heavy atom. The summed E-state index contributed by atoms with van der Waals surface area (Å²) in [5, 5.41) is 16.2. The van der Waals surface area contributed by atoms with Crippen LogP contribution in [0, 0.1) is 5.92 Å². The van der Waals surface area contributed by atoms with Crippen molar-refractivity contribution in [1.29, 1.82) is 0 Å². The predicted octanol–water partition coefficient (Wildman–Crippen LogP) is 2.33. The fourth-order valence-corrected chi connectivity index (χ4v) is 3.58. The minimum atomic E-state index is -0.690. The molecule has 0 bridgehead atoms. The highest BCUT2D eigenvalue weighted by Crippen LogP contribution is 2.42. The molecule has 2 aliphatic rings. The number of nitrogens with one attached hydrogen (secondary N) is 1. The van der Waals surface area contributed by atoms with Gasteiger partial charge in [-0.1, -0.05) is 6.07 Å². The van der Waals surface area contributed by atoms with E-state index < -0.39 is 5.60 Å². The summed E-state index contributed by atoms with van der Waals surface area (Å²) < 4.78 is 5.48. The first kappa shape index (κ1) is 12.6. The highest BCUT2D eigenvalue weighted by atomic mass is 32.1. The summed E-state index contributed by atoms with van der Waals surface area (Å²) in [6, 6.07) is 4.72. The number of thiophene rings is 1. The standard InChI is InChI=1S/C14H21NO2S/c1-10-14(16,6-7-17-10)9-15-13(11-4-5-11)12-3-2-8-18-12/h2-3,8,10-11,13,15-16H,4-7,9H2,1H3. The van der Waals surface area contributed by atoms with E-state index in [2.05, 4.69) is 22.8 Å². The van der Waals surface area contributed by atoms with Crippen LogP contribution in [-0.2, 0) is 4.74 Å². The zero-order valence-electron chi connectivity index (χ0n) is 10.8. The molecular formula is C14H21NO2S. The quantitative estimate of drug-likeness (QED) is 0.860. The van der Waals surface area contributed by atoms with Crippen LogP contribution in [0.2, 0.25) is 0 Å². The van der Waals surface area contributed by atoms with Crippen molar-refractivity contribution < 1.29 is 9.84 Å². The summed E-state index contributed by atoms with van der Waals surface area (Å²) in [4.78, 5) is 1.40. The summed E-state index contributed by atoms with van der Waals surface area (Å²) in [6.07, 6.45) is 3.29. The Hall–Kier alpha value is -0.420. The zero-order chi connectivity index (χ0) is 12.6. The molecule has 3 rings (SSSR count). The van der Waals surface area contributed by atoms with Gasteiger partial charge >= 0.3 is 0 Å². The van der Waals surface area contributed by atoms with Crippen LogP contribution >= 0.6 is 11.3 Å². The van der Waals surface area contributed by atoms with Crippen molar-refractivity contribution >= 4 is 11.3 Å². The lowest BCUT2D eigenvalue weighted by atomic mass is 9.96. The van der Waals surface area contributed by atoms with Crippen molar-refractivity contribution in [3.05, 3.63) is 22.4 Å². The van der Waals surface area contributed by atoms with Gasteiger partial charge in [0, 0.05) is 30.5 Å². The van der Waals surface area contributed by atoms with Gasteiger partial charge in [-0.25, -0.2) is 0 Å². The number of hydrogen-bond donors (Lipinski definition) is 2. The van der Waals surface area contributed by atoms with Gasteiger partial charge in [0.2, 0.25) is 0 Å². The zero-order valence-corrected chi connectivity index (χ0v) is 11.6. The maximum absolute atomic E-state index is 10.5. The van der Waals surface area contributed by atoms with Gasteiger partial charge in [-0.2, -0.15) is 0 Å². The van der Waals surface area contributed by atoms with Crippen LogP contribution in [0.15, 0.2) is 17.5 Å². The van der Waals surface area contributed by atoms with E-state index >= 15 is 0 Å². The van der Waals surface area contributed by atoms with Crippen molar-refractivity contribution in [3.8, 4) is 0 Å². The molecule has 1 aromatic heterocycles. The van der Waals surface area contributed by atoms with Crippen LogP contribution in [0.25, 0.3) is 0 Å². The van der Waals surface area contributed by atoms with Gasteiger partial charge in [0.25, 0.3) is 0 Å². The lowest BCUT2D eigenvalue weighted by Crippen LogP contribution is -2.47. The molecule has 18 heavy (non-hydrogen) atoms. The molecule has 1 aliphatic heterocycles. The number of aliphatic hydroxyl groups is 1. The fraction of sp³-hybridized carbons (Fsp3) is 0.714. The molecule has 0 aromatic carbocycles. The maximum atomic E-state index is 10.5. The lowest BCUT2D eigenvalue weighted by Gasteiger charge is -2.29. The molecule has 0 amide bonds. The van der Waals surface area contributed by atoms with E-state index in [1.165, 1.54) is 17.7 Å². The normalized spacial score (nSPS) is 33.8. The van der Waals surface area contributed by atoms with Crippen LogP contribution in [0.5, 0.6) is 0 Å². The first-order valence-electron chi connectivity index (χ1n) is 6.80. The third-order valence-electron chi connectivity index (χ3n) is 4.23. The van der Waals surface area contributed by atoms with Crippen LogP contribution in [0.3, 0.4) is 0 Å². The van der Waals surface area contributed by atoms with Crippen molar-refractivity contribution in [2.45, 2.75) is 43.9 Å². The van der Waals surface area contributed by atoms with E-state index in [-0.39, 0.29) is 6.10 Å². The Morgan fingerprint density at radius 1 is 1.61 bits per heavy atom. The van der Waals surface area contributed by atoms with Crippen molar-refractivity contribution in [3.63, 3.8) is 0 Å². The third kappa shape index (κ3) is 2.48. The molecule has 0 spiro atoms. The van der Waals surface area contributed by atoms with Crippen molar-refractivity contribution in [2.75, 3.05) is 13.2 Å². The Labute approximate surface area is 112 Å². The molecule has 3 atom stereocenters. The number of ether oxygens (including phenoxy) is 1. The summed E-state index contributed by atoms with van der Waals surface area (Å²) in [6.45, 7) is 3.27. The topological polar surface area (TPSA) is 41.5 Å². The summed E-state index contributed by atoms with van der Waals surface area (Å²) in [5.74, 6) is 0.755. The molecule has 2 N–H and O–H groups in total. The summed E-state index contributed by atoms with van der Waals surface area (Å²) in [7, 11) is 0. The molecule has 1 saturated heterocycles. The van der Waals surface area contributed by atoms with E-state index in [0.717, 1.165) is 12.3 Å². The molecule has 100 valence electrons. The Bertz CT molecular complexity index is 391. The van der Waals surface area contributed by atoms with Gasteiger partial charge < -0.3 is 15.2 Å². The first-order chi connectivity index (χ1) is 8.69. The molecule has 2 fully saturated rings. The van der Waals surface area contributed by atoms with Gasteiger partial charge in [0.15, 0.2) is 0 Å². The third-order valence-corrected chi connectivity index (χ3v) is 5.19. The van der Waals surface area contributed by atoms with E-state index in [1.54, 1.807) is 11.3 Å². The van der Waals surface area contributed by atoms with Crippen molar-refractivity contribution in [1.82, 2.24) is 5.32 Å². The predicted molar refractivity (Wildman–Crippen MR) is 72.8 cm³/mol. The second kappa shape index (κ2) is 4.93. The van der Waals surface area contributed by atoms with Crippen molar-refractivity contribution in [2.24, 2.45) is 5.92 Å². The minimum Gasteiger partial charge on any atom is -0.386 e. The first-order valence-corrected chi connectivity index (χ1v) is 7.68. The van der Waals surface area contributed by atoms with Crippen LogP contribution < -0.4 is 5.32 Å². The Kier molecular flexibility index (Phi) is 3.45. The van der Waals surface area contributed by atoms with Crippen LogP contribution in [0.4, 0.5) is 0 Å². The van der Waals surface area contributed by atoms with Crippen LogP contribution in [-0.4, -0.2) is 30.0 Å². The molecule has 1 aromatic rings. The molecule has 3 nitrogen and oxygen atoms in total. The van der Waals surface area contributed by atoms with Gasteiger partial charge in [-0.15, -0.1) is 11.3 Å². The molecule has 4 heteroatoms. The molecule has 1 saturated carbocycles. The average molecular weight is 267 g/mol. The molecule has 0 radical (unpaired) electrons. The number of hydrogen-bond acceptors (Lipinski definition) is 4. The minimum absolute atomic E-state index is 0.0619. The SMILES string of the molecule is CC1OCCC1(O)CNC(c1cccs1)C1CC1. The van der Waals surface area contributed by atoms with E-state index in [9.17, 15) is 5.11 Å². The Morgan fingerprint density at radius 2 is 2.44 bits per heavy atom. The second-order valence-electron chi connectivity index (χ2n) is 5.58. The van der Waals surface area contributed by atoms with E-state index in [4.69, 9.17) is 4.74 Å². The number of rotatable bonds is 5. The monoisotopic (exact) mass is 267 g/mol. The van der Waals surface area contributed by atoms with Gasteiger partial charge in [-0.05, 0) is 37.1 Å². The highest BCUT2D eigenvalue weighted by molar-refractivity contribution is 7.10. The smallest absolute Gasteiger partial charge is 0.105 e. The summed E-state index contributed by atoms with van der Waals surface area (Å²) >= 11 is 1.81. The van der Waals surface area contributed by atoms with E-state index in [0.29, 0.717) is 19.2 Å². The highest BCUT2D eigenvalue weighted by Gasteiger charge is 2.41. The van der Waals surface area contributed by atoms with Gasteiger partial charge in [0.05, 0.1) is 6.10 Å². The molecule has 1 aliphatic carbocycles. The maximum Gasteiger partial charge on any atom is 0.105 e. The average Bonchev–Trinajstić information content (AvgIpc) is 2.93. The van der Waals surface area contributed by atoms with E-state index in [1.807, 2.05) is 6.92 Å². The van der Waals surface area contributed by atoms with Crippen LogP contribution in [0.1, 0.15) is 37.1 Å². The second-order valence-corrected chi connectivity index (χ2v) is 6.56. The molecular weight excluding hydrogens is 246 g/mol. The molecule has 3 unspecified atom stereocenters. The lowest BCUT2D eigenvalue weighted by molar-refractivity contribution is -0.0280. The summed E-state index contributed by atoms with van der Waals surface area (Å²) in [5.41, 5.74) is -0.690. The van der Waals surface area contributed by atoms with Gasteiger partial charge in [-0.3, -0.25) is 0 Å². The largest absolute Gasteiger partial charge is 0.386 e. The fourth-order valence-electron chi connectivity index (χ4n) is 2.69.